The zero-order valence-electron chi connectivity index (χ0n) is 20.4. The van der Waals surface area contributed by atoms with Crippen LogP contribution in [0.2, 0.25) is 0 Å². The zero-order valence-corrected chi connectivity index (χ0v) is 21.2. The molecule has 1 aliphatic rings. The lowest BCUT2D eigenvalue weighted by Gasteiger charge is -2.18. The van der Waals surface area contributed by atoms with Gasteiger partial charge in [-0.1, -0.05) is 12.1 Å². The Bertz CT molecular complexity index is 1610. The van der Waals surface area contributed by atoms with Crippen molar-refractivity contribution >= 4 is 21.3 Å². The summed E-state index contributed by atoms with van der Waals surface area (Å²) >= 11 is 0. The third kappa shape index (κ3) is 5.04. The molecule has 38 heavy (non-hydrogen) atoms. The Kier molecular flexibility index (Phi) is 6.65. The Morgan fingerprint density at radius 1 is 1.18 bits per heavy atom. The van der Waals surface area contributed by atoms with E-state index in [9.17, 15) is 27.4 Å². The quantitative estimate of drug-likeness (QED) is 0.371. The second-order valence-electron chi connectivity index (χ2n) is 9.02. The molecular formula is C25H21F4N5O3S. The number of ether oxygens (including phenoxy) is 1. The van der Waals surface area contributed by atoms with Crippen LogP contribution in [0.15, 0.2) is 41.3 Å². The van der Waals surface area contributed by atoms with Crippen LogP contribution in [-0.4, -0.2) is 26.6 Å². The summed E-state index contributed by atoms with van der Waals surface area (Å²) in [6, 6.07) is 10.3. The molecule has 1 amide bonds. The number of carbonyl (C=O) groups is 1. The normalized spacial score (nSPS) is 15.7. The molecular weight excluding hydrogens is 526 g/mol. The fourth-order valence-corrected chi connectivity index (χ4v) is 4.63. The van der Waals surface area contributed by atoms with E-state index in [1.165, 1.54) is 49.6 Å². The van der Waals surface area contributed by atoms with E-state index in [4.69, 9.17) is 9.52 Å². The van der Waals surface area contributed by atoms with Crippen LogP contribution in [0.1, 0.15) is 45.6 Å². The van der Waals surface area contributed by atoms with Gasteiger partial charge in [0.1, 0.15) is 17.1 Å². The lowest BCUT2D eigenvalue weighted by Crippen LogP contribution is -2.21. The highest BCUT2D eigenvalue weighted by atomic mass is 32.2. The van der Waals surface area contributed by atoms with Gasteiger partial charge < -0.3 is 10.1 Å². The van der Waals surface area contributed by atoms with Crippen LogP contribution in [0, 0.1) is 35.8 Å². The van der Waals surface area contributed by atoms with Gasteiger partial charge in [-0.05, 0) is 56.5 Å². The molecule has 1 unspecified atom stereocenters. The molecule has 1 atom stereocenters. The zero-order chi connectivity index (χ0) is 28.0. The van der Waals surface area contributed by atoms with Crippen molar-refractivity contribution < 1.29 is 31.3 Å². The predicted octanol–water partition coefficient (Wildman–Crippen LogP) is 5.89. The summed E-state index contributed by atoms with van der Waals surface area (Å²) in [5.74, 6) is -2.46. The molecule has 1 heterocycles. The number of aromatic nitrogens is 2. The van der Waals surface area contributed by atoms with Crippen LogP contribution in [0.5, 0.6) is 11.6 Å². The van der Waals surface area contributed by atoms with E-state index in [1.807, 2.05) is 0 Å². The smallest absolute Gasteiger partial charge is 0.435 e. The van der Waals surface area contributed by atoms with E-state index in [0.717, 1.165) is 6.92 Å². The molecule has 0 spiro atoms. The summed E-state index contributed by atoms with van der Waals surface area (Å²) in [6.45, 7) is 2.40. The number of nitrogens with zero attached hydrogens (tertiary/aromatic N) is 3. The third-order valence-electron chi connectivity index (χ3n) is 6.25. The fourth-order valence-electron chi connectivity index (χ4n) is 3.94. The van der Waals surface area contributed by atoms with Crippen molar-refractivity contribution in [3.05, 3.63) is 70.2 Å². The number of halogens is 4. The molecule has 0 saturated heterocycles. The largest absolute Gasteiger partial charge is 0.437 e. The molecule has 2 aromatic carbocycles. The number of nitriles is 1. The highest BCUT2D eigenvalue weighted by Gasteiger charge is 2.47. The molecule has 1 saturated carbocycles. The van der Waals surface area contributed by atoms with Crippen molar-refractivity contribution in [3.8, 4) is 17.7 Å². The number of nitrogens with one attached hydrogen (secondary N) is 2. The minimum Gasteiger partial charge on any atom is -0.437 e. The summed E-state index contributed by atoms with van der Waals surface area (Å²) in [6.07, 6.45) is -2.74. The van der Waals surface area contributed by atoms with Gasteiger partial charge in [0.15, 0.2) is 5.69 Å². The molecule has 1 fully saturated rings. The summed E-state index contributed by atoms with van der Waals surface area (Å²) in [4.78, 5) is 13.3. The summed E-state index contributed by atoms with van der Waals surface area (Å²) in [7, 11) is -3.13. The van der Waals surface area contributed by atoms with Crippen LogP contribution in [0.3, 0.4) is 0 Å². The van der Waals surface area contributed by atoms with Crippen molar-refractivity contribution in [3.63, 3.8) is 0 Å². The summed E-state index contributed by atoms with van der Waals surface area (Å²) < 4.78 is 81.3. The van der Waals surface area contributed by atoms with E-state index in [0.29, 0.717) is 12.8 Å². The van der Waals surface area contributed by atoms with E-state index < -0.39 is 55.7 Å². The Morgan fingerprint density at radius 2 is 1.87 bits per heavy atom. The maximum absolute atomic E-state index is 15.1. The third-order valence-corrected chi connectivity index (χ3v) is 7.40. The number of carbonyl (C=O) groups excluding carboxylic acids is 1. The first-order valence-corrected chi connectivity index (χ1v) is 13.1. The average molecular weight is 548 g/mol. The highest BCUT2D eigenvalue weighted by molar-refractivity contribution is 7.91. The number of alkyl halides is 3. The second-order valence-corrected chi connectivity index (χ2v) is 11.2. The van der Waals surface area contributed by atoms with E-state index in [2.05, 4.69) is 21.6 Å². The standard InChI is InChI=1S/C25H21F4N5O3S/c1-13-18(8-7-17(20(13)26)24(12-30)9-10-24)37-23-19(14(2)21(33-34-23)25(27,28)29)22(35)32-15-5-4-6-16(11-15)38(3,31)36/h4-8,11,31H,9-10H2,1-3H3,(H,32,35). The molecule has 0 radical (unpaired) electrons. The first-order chi connectivity index (χ1) is 17.7. The average Bonchev–Trinajstić information content (AvgIpc) is 3.62. The van der Waals surface area contributed by atoms with E-state index >= 15 is 4.39 Å². The van der Waals surface area contributed by atoms with Gasteiger partial charge in [-0.25, -0.2) is 13.4 Å². The molecule has 3 aromatic rings. The lowest BCUT2D eigenvalue weighted by molar-refractivity contribution is -0.142. The summed E-state index contributed by atoms with van der Waals surface area (Å²) in [5.41, 5.74) is -3.25. The molecule has 198 valence electrons. The molecule has 0 aliphatic heterocycles. The molecule has 1 aliphatic carbocycles. The van der Waals surface area contributed by atoms with E-state index in [-0.39, 0.29) is 27.5 Å². The van der Waals surface area contributed by atoms with Crippen molar-refractivity contribution in [1.82, 2.24) is 10.2 Å². The van der Waals surface area contributed by atoms with Gasteiger partial charge in [0.2, 0.25) is 0 Å². The van der Waals surface area contributed by atoms with Gasteiger partial charge in [0.05, 0.1) is 21.2 Å². The van der Waals surface area contributed by atoms with Crippen molar-refractivity contribution in [2.45, 2.75) is 43.2 Å². The number of hydrogen-bond acceptors (Lipinski definition) is 7. The first kappa shape index (κ1) is 27.0. The van der Waals surface area contributed by atoms with Crippen molar-refractivity contribution in [2.75, 3.05) is 11.6 Å². The summed E-state index contributed by atoms with van der Waals surface area (Å²) in [5, 5.41) is 18.5. The van der Waals surface area contributed by atoms with Gasteiger partial charge in [0, 0.05) is 28.0 Å². The van der Waals surface area contributed by atoms with Gasteiger partial charge in [-0.2, -0.15) is 18.4 Å². The minimum absolute atomic E-state index is 0.0180. The molecule has 13 heteroatoms. The van der Waals surface area contributed by atoms with Crippen LogP contribution in [0.4, 0.5) is 23.2 Å². The van der Waals surface area contributed by atoms with Gasteiger partial charge >= 0.3 is 6.18 Å². The highest BCUT2D eigenvalue weighted by Crippen LogP contribution is 2.49. The topological polar surface area (TPSA) is 129 Å². The van der Waals surface area contributed by atoms with Gasteiger partial charge in [0.25, 0.3) is 11.8 Å². The Morgan fingerprint density at radius 3 is 2.45 bits per heavy atom. The molecule has 4 rings (SSSR count). The molecule has 2 N–H and O–H groups in total. The van der Waals surface area contributed by atoms with Crippen molar-refractivity contribution in [1.29, 1.82) is 10.0 Å². The Balaban J connectivity index is 1.77. The fraction of sp³-hybridized carbons (Fsp3) is 0.280. The maximum atomic E-state index is 15.1. The van der Waals surface area contributed by atoms with Crippen molar-refractivity contribution in [2.24, 2.45) is 0 Å². The minimum atomic E-state index is -4.93. The van der Waals surface area contributed by atoms with Crippen LogP contribution in [-0.2, 0) is 21.3 Å². The number of rotatable bonds is 6. The molecule has 0 bridgehead atoms. The van der Waals surface area contributed by atoms with Crippen LogP contribution < -0.4 is 10.1 Å². The number of benzene rings is 2. The van der Waals surface area contributed by atoms with Crippen LogP contribution >= 0.6 is 0 Å². The number of anilines is 1. The van der Waals surface area contributed by atoms with Crippen LogP contribution in [0.25, 0.3) is 0 Å². The van der Waals surface area contributed by atoms with Gasteiger partial charge in [-0.15, -0.1) is 10.2 Å². The Labute approximate surface area is 215 Å². The first-order valence-electron chi connectivity index (χ1n) is 11.2. The predicted molar refractivity (Wildman–Crippen MR) is 129 cm³/mol. The number of amides is 1. The molecule has 1 aromatic heterocycles. The monoisotopic (exact) mass is 547 g/mol. The number of hydrogen-bond donors (Lipinski definition) is 2. The Hall–Kier alpha value is -4.05. The molecule has 8 nitrogen and oxygen atoms in total. The van der Waals surface area contributed by atoms with Gasteiger partial charge in [-0.3, -0.25) is 4.79 Å². The second kappa shape index (κ2) is 9.36. The van der Waals surface area contributed by atoms with E-state index in [1.54, 1.807) is 0 Å². The SMILES string of the molecule is Cc1c(Oc2nnc(C(F)(F)F)c(C)c2C(=O)Nc2cccc(S(C)(=N)=O)c2)ccc(C2(C#N)CC2)c1F. The maximum Gasteiger partial charge on any atom is 0.435 e. The lowest BCUT2D eigenvalue weighted by atomic mass is 9.95.